The minimum Gasteiger partial charge on any atom is -0.378 e. The molecule has 0 spiro atoms. The fraction of sp³-hybridized carbons (Fsp3) is 0.318. The lowest BCUT2D eigenvalue weighted by Gasteiger charge is -2.16. The molecular formula is C22H30IN5. The fourth-order valence-electron chi connectivity index (χ4n) is 3.21. The third kappa shape index (κ3) is 5.41. The molecule has 0 amide bonds. The normalized spacial score (nSPS) is 11.2. The molecule has 3 aromatic rings. The topological polar surface area (TPSA) is 55.5 Å². The van der Waals surface area contributed by atoms with E-state index in [-0.39, 0.29) is 24.0 Å². The van der Waals surface area contributed by atoms with Crippen molar-refractivity contribution in [3.05, 3.63) is 65.4 Å². The van der Waals surface area contributed by atoms with Crippen LogP contribution in [-0.4, -0.2) is 38.6 Å². The molecule has 0 radical (unpaired) electrons. The number of benzene rings is 2. The Bertz CT molecular complexity index is 930. The van der Waals surface area contributed by atoms with Crippen molar-refractivity contribution in [2.75, 3.05) is 32.6 Å². The van der Waals surface area contributed by atoms with Gasteiger partial charge in [-0.25, -0.2) is 0 Å². The van der Waals surface area contributed by atoms with Crippen LogP contribution in [0.4, 0.5) is 5.69 Å². The number of aromatic nitrogens is 1. The molecule has 0 bridgehead atoms. The Morgan fingerprint density at radius 1 is 1.07 bits per heavy atom. The molecule has 0 saturated carbocycles. The summed E-state index contributed by atoms with van der Waals surface area (Å²) in [6.45, 7) is 3.74. The van der Waals surface area contributed by atoms with Gasteiger partial charge in [0.2, 0.25) is 0 Å². The van der Waals surface area contributed by atoms with Crippen LogP contribution in [0.1, 0.15) is 16.7 Å². The SMILES string of the molecule is CN=C(NCCc1c[nH]c2ccccc12)NCc1ccc(N(C)C)cc1C.I. The zero-order chi connectivity index (χ0) is 19.2. The van der Waals surface area contributed by atoms with Gasteiger partial charge in [-0.2, -0.15) is 0 Å². The number of nitrogens with one attached hydrogen (secondary N) is 3. The molecule has 0 unspecified atom stereocenters. The first-order valence-electron chi connectivity index (χ1n) is 9.35. The Balaban J connectivity index is 0.00000280. The summed E-state index contributed by atoms with van der Waals surface area (Å²) in [7, 11) is 5.93. The van der Waals surface area contributed by atoms with E-state index in [1.54, 1.807) is 0 Å². The average molecular weight is 491 g/mol. The second kappa shape index (κ2) is 10.4. The number of halogens is 1. The number of aryl methyl sites for hydroxylation is 1. The number of anilines is 1. The molecular weight excluding hydrogens is 461 g/mol. The summed E-state index contributed by atoms with van der Waals surface area (Å²) in [6, 6.07) is 14.9. The van der Waals surface area contributed by atoms with Crippen molar-refractivity contribution in [1.29, 1.82) is 0 Å². The first-order valence-corrected chi connectivity index (χ1v) is 9.35. The van der Waals surface area contributed by atoms with Gasteiger partial charge in [-0.3, -0.25) is 4.99 Å². The Morgan fingerprint density at radius 3 is 2.57 bits per heavy atom. The van der Waals surface area contributed by atoms with E-state index in [1.807, 2.05) is 7.05 Å². The van der Waals surface area contributed by atoms with Gasteiger partial charge in [-0.1, -0.05) is 24.3 Å². The van der Waals surface area contributed by atoms with Crippen molar-refractivity contribution >= 4 is 46.5 Å². The maximum Gasteiger partial charge on any atom is 0.191 e. The quantitative estimate of drug-likeness (QED) is 0.277. The van der Waals surface area contributed by atoms with E-state index >= 15 is 0 Å². The van der Waals surface area contributed by atoms with Crippen LogP contribution in [-0.2, 0) is 13.0 Å². The fourth-order valence-corrected chi connectivity index (χ4v) is 3.21. The third-order valence-corrected chi connectivity index (χ3v) is 4.87. The third-order valence-electron chi connectivity index (χ3n) is 4.87. The zero-order valence-electron chi connectivity index (χ0n) is 17.0. The summed E-state index contributed by atoms with van der Waals surface area (Å²) >= 11 is 0. The number of aliphatic imine (C=N–C) groups is 1. The highest BCUT2D eigenvalue weighted by Crippen LogP contribution is 2.18. The lowest BCUT2D eigenvalue weighted by atomic mass is 10.1. The van der Waals surface area contributed by atoms with Crippen molar-refractivity contribution in [3.8, 4) is 0 Å². The van der Waals surface area contributed by atoms with E-state index in [1.165, 1.54) is 33.3 Å². The highest BCUT2D eigenvalue weighted by atomic mass is 127. The molecule has 1 aromatic heterocycles. The summed E-state index contributed by atoms with van der Waals surface area (Å²) in [5.41, 5.74) is 6.29. The van der Waals surface area contributed by atoms with E-state index in [0.717, 1.165) is 25.5 Å². The van der Waals surface area contributed by atoms with Crippen molar-refractivity contribution in [2.24, 2.45) is 4.99 Å². The van der Waals surface area contributed by atoms with Crippen molar-refractivity contribution < 1.29 is 0 Å². The Morgan fingerprint density at radius 2 is 1.86 bits per heavy atom. The predicted octanol–water partition coefficient (Wildman–Crippen LogP) is 4.07. The lowest BCUT2D eigenvalue weighted by Crippen LogP contribution is -2.38. The van der Waals surface area contributed by atoms with E-state index in [4.69, 9.17) is 0 Å². The summed E-state index contributed by atoms with van der Waals surface area (Å²) in [5, 5.41) is 8.11. The Labute approximate surface area is 184 Å². The minimum absolute atomic E-state index is 0. The van der Waals surface area contributed by atoms with Crippen LogP contribution in [0.15, 0.2) is 53.7 Å². The summed E-state index contributed by atoms with van der Waals surface area (Å²) in [4.78, 5) is 9.79. The summed E-state index contributed by atoms with van der Waals surface area (Å²) in [6.07, 6.45) is 3.04. The number of nitrogens with zero attached hydrogens (tertiary/aromatic N) is 2. The number of hydrogen-bond donors (Lipinski definition) is 3. The molecule has 0 aliphatic rings. The van der Waals surface area contributed by atoms with Crippen LogP contribution >= 0.6 is 24.0 Å². The molecule has 0 aliphatic heterocycles. The van der Waals surface area contributed by atoms with Crippen molar-refractivity contribution in [2.45, 2.75) is 19.9 Å². The highest BCUT2D eigenvalue weighted by Gasteiger charge is 2.05. The molecule has 28 heavy (non-hydrogen) atoms. The van der Waals surface area contributed by atoms with Crippen molar-refractivity contribution in [1.82, 2.24) is 15.6 Å². The maximum atomic E-state index is 4.34. The second-order valence-corrected chi connectivity index (χ2v) is 6.97. The second-order valence-electron chi connectivity index (χ2n) is 6.97. The first-order chi connectivity index (χ1) is 13.1. The van der Waals surface area contributed by atoms with Gasteiger partial charge in [0.1, 0.15) is 0 Å². The molecule has 3 rings (SSSR count). The molecule has 0 saturated heterocycles. The molecule has 1 heterocycles. The monoisotopic (exact) mass is 491 g/mol. The molecule has 0 atom stereocenters. The van der Waals surface area contributed by atoms with Gasteiger partial charge >= 0.3 is 0 Å². The molecule has 0 aliphatic carbocycles. The standard InChI is InChI=1S/C22H29N5.HI/c1-16-13-19(27(3)4)10-9-17(16)14-26-22(23-2)24-12-11-18-15-25-21-8-6-5-7-20(18)21;/h5-10,13,15,25H,11-12,14H2,1-4H3,(H2,23,24,26);1H. The van der Waals surface area contributed by atoms with Crippen LogP contribution < -0.4 is 15.5 Å². The van der Waals surface area contributed by atoms with Gasteiger partial charge in [0.25, 0.3) is 0 Å². The summed E-state index contributed by atoms with van der Waals surface area (Å²) < 4.78 is 0. The smallest absolute Gasteiger partial charge is 0.191 e. The van der Waals surface area contributed by atoms with E-state index in [9.17, 15) is 0 Å². The molecule has 2 aromatic carbocycles. The van der Waals surface area contributed by atoms with Crippen LogP contribution in [0.5, 0.6) is 0 Å². The average Bonchev–Trinajstić information content (AvgIpc) is 3.08. The lowest BCUT2D eigenvalue weighted by molar-refractivity contribution is 0.794. The first kappa shape index (κ1) is 22.1. The minimum atomic E-state index is 0. The van der Waals surface area contributed by atoms with Gasteiger partial charge in [0.05, 0.1) is 0 Å². The van der Waals surface area contributed by atoms with E-state index in [0.29, 0.717) is 0 Å². The zero-order valence-corrected chi connectivity index (χ0v) is 19.4. The maximum absolute atomic E-state index is 4.34. The molecule has 3 N–H and O–H groups in total. The molecule has 0 fully saturated rings. The number of rotatable bonds is 6. The van der Waals surface area contributed by atoms with Crippen LogP contribution in [0, 0.1) is 6.92 Å². The molecule has 6 heteroatoms. The molecule has 5 nitrogen and oxygen atoms in total. The number of aromatic amines is 1. The number of para-hydroxylation sites is 1. The predicted molar refractivity (Wildman–Crippen MR) is 131 cm³/mol. The number of fused-ring (bicyclic) bond motifs is 1. The number of hydrogen-bond acceptors (Lipinski definition) is 2. The van der Waals surface area contributed by atoms with Crippen LogP contribution in [0.3, 0.4) is 0 Å². The van der Waals surface area contributed by atoms with E-state index < -0.39 is 0 Å². The van der Waals surface area contributed by atoms with Crippen LogP contribution in [0.2, 0.25) is 0 Å². The van der Waals surface area contributed by atoms with Gasteiger partial charge < -0.3 is 20.5 Å². The highest BCUT2D eigenvalue weighted by molar-refractivity contribution is 14.0. The van der Waals surface area contributed by atoms with Gasteiger partial charge in [0, 0.05) is 57.0 Å². The van der Waals surface area contributed by atoms with Gasteiger partial charge in [0.15, 0.2) is 5.96 Å². The Hall–Kier alpha value is -2.22. The van der Waals surface area contributed by atoms with Crippen molar-refractivity contribution in [3.63, 3.8) is 0 Å². The van der Waals surface area contributed by atoms with Crippen LogP contribution in [0.25, 0.3) is 10.9 Å². The van der Waals surface area contributed by atoms with E-state index in [2.05, 4.69) is 95.2 Å². The number of guanidine groups is 1. The summed E-state index contributed by atoms with van der Waals surface area (Å²) in [5.74, 6) is 0.825. The largest absolute Gasteiger partial charge is 0.378 e. The van der Waals surface area contributed by atoms with Gasteiger partial charge in [-0.15, -0.1) is 24.0 Å². The van der Waals surface area contributed by atoms with Gasteiger partial charge in [-0.05, 0) is 48.2 Å². The Kier molecular flexibility index (Phi) is 8.17. The number of H-pyrrole nitrogens is 1. The molecule has 150 valence electrons.